The summed E-state index contributed by atoms with van der Waals surface area (Å²) in [5, 5.41) is 7.08. The van der Waals surface area contributed by atoms with Crippen LogP contribution < -0.4 is 15.4 Å². The van der Waals surface area contributed by atoms with Crippen LogP contribution in [0.25, 0.3) is 0 Å². The van der Waals surface area contributed by atoms with Gasteiger partial charge in [-0.3, -0.25) is 0 Å². The Morgan fingerprint density at radius 3 is 2.67 bits per heavy atom. The minimum absolute atomic E-state index is 0.187. The predicted molar refractivity (Wildman–Crippen MR) is 83.7 cm³/mol. The van der Waals surface area contributed by atoms with Crippen molar-refractivity contribution in [2.45, 2.75) is 44.3 Å². The van der Waals surface area contributed by atoms with Crippen molar-refractivity contribution >= 4 is 0 Å². The van der Waals surface area contributed by atoms with Crippen LogP contribution in [0.2, 0.25) is 0 Å². The third-order valence-electron chi connectivity index (χ3n) is 4.76. The molecule has 2 aliphatic rings. The molecule has 0 aromatic heterocycles. The van der Waals surface area contributed by atoms with E-state index in [1.807, 2.05) is 0 Å². The number of halogens is 3. The Morgan fingerprint density at radius 2 is 2.00 bits per heavy atom. The van der Waals surface area contributed by atoms with Crippen LogP contribution in [-0.4, -0.2) is 38.2 Å². The van der Waals surface area contributed by atoms with E-state index in [0.717, 1.165) is 31.7 Å². The van der Waals surface area contributed by atoms with Crippen LogP contribution in [-0.2, 0) is 11.3 Å². The van der Waals surface area contributed by atoms with Crippen LogP contribution in [0.1, 0.15) is 24.8 Å². The second-order valence-electron chi connectivity index (χ2n) is 6.41. The summed E-state index contributed by atoms with van der Waals surface area (Å²) in [4.78, 5) is 0. The van der Waals surface area contributed by atoms with Crippen LogP contribution in [0.15, 0.2) is 24.3 Å². The molecule has 1 heterocycles. The second-order valence-corrected chi connectivity index (χ2v) is 6.41. The van der Waals surface area contributed by atoms with Crippen molar-refractivity contribution in [1.29, 1.82) is 0 Å². The first kappa shape index (κ1) is 17.5. The summed E-state index contributed by atoms with van der Waals surface area (Å²) in [6.07, 6.45) is -1.15. The topological polar surface area (TPSA) is 42.5 Å². The third kappa shape index (κ3) is 4.84. The summed E-state index contributed by atoms with van der Waals surface area (Å²) >= 11 is 0. The molecule has 0 amide bonds. The van der Waals surface area contributed by atoms with Gasteiger partial charge < -0.3 is 20.1 Å². The van der Waals surface area contributed by atoms with Crippen molar-refractivity contribution < 1.29 is 22.6 Å². The average Bonchev–Trinajstić information content (AvgIpc) is 3.02. The van der Waals surface area contributed by atoms with Gasteiger partial charge in [-0.05, 0) is 36.5 Å². The zero-order chi connectivity index (χ0) is 17.0. The first-order valence-corrected chi connectivity index (χ1v) is 8.40. The first-order chi connectivity index (χ1) is 11.5. The van der Waals surface area contributed by atoms with Gasteiger partial charge in [-0.15, -0.1) is 13.2 Å². The number of rotatable bonds is 5. The Hall–Kier alpha value is -1.31. The number of alkyl halides is 3. The van der Waals surface area contributed by atoms with Gasteiger partial charge in [0.25, 0.3) is 0 Å². The molecule has 3 rings (SSSR count). The van der Waals surface area contributed by atoms with E-state index in [1.54, 1.807) is 12.1 Å². The summed E-state index contributed by atoms with van der Waals surface area (Å²) in [5.41, 5.74) is 0.947. The molecule has 0 spiro atoms. The highest BCUT2D eigenvalue weighted by molar-refractivity contribution is 5.27. The fraction of sp³-hybridized carbons (Fsp3) is 0.647. The van der Waals surface area contributed by atoms with Crippen LogP contribution in [0.3, 0.4) is 0 Å². The molecule has 134 valence electrons. The molecule has 2 N–H and O–H groups in total. The van der Waals surface area contributed by atoms with E-state index in [-0.39, 0.29) is 5.75 Å². The molecule has 1 aliphatic heterocycles. The van der Waals surface area contributed by atoms with Crippen molar-refractivity contribution in [3.8, 4) is 5.75 Å². The van der Waals surface area contributed by atoms with Crippen molar-refractivity contribution in [2.24, 2.45) is 5.92 Å². The Kier molecular flexibility index (Phi) is 5.63. The minimum Gasteiger partial charge on any atom is -0.406 e. The number of benzene rings is 1. The summed E-state index contributed by atoms with van der Waals surface area (Å²) in [6, 6.07) is 6.84. The highest BCUT2D eigenvalue weighted by Gasteiger charge is 2.34. The van der Waals surface area contributed by atoms with Crippen LogP contribution in [0.4, 0.5) is 13.2 Å². The summed E-state index contributed by atoms with van der Waals surface area (Å²) < 4.78 is 45.9. The number of nitrogens with one attached hydrogen (secondary N) is 2. The van der Waals surface area contributed by atoms with Gasteiger partial charge in [0.15, 0.2) is 0 Å². The largest absolute Gasteiger partial charge is 0.573 e. The van der Waals surface area contributed by atoms with Gasteiger partial charge in [-0.2, -0.15) is 0 Å². The fourth-order valence-electron chi connectivity index (χ4n) is 3.64. The van der Waals surface area contributed by atoms with Crippen molar-refractivity contribution in [3.05, 3.63) is 29.8 Å². The minimum atomic E-state index is -4.65. The van der Waals surface area contributed by atoms with E-state index in [1.165, 1.54) is 25.0 Å². The Balaban J connectivity index is 1.51. The van der Waals surface area contributed by atoms with E-state index in [0.29, 0.717) is 24.5 Å². The van der Waals surface area contributed by atoms with Gasteiger partial charge in [-0.25, -0.2) is 0 Å². The smallest absolute Gasteiger partial charge is 0.406 e. The molecule has 1 saturated carbocycles. The van der Waals surface area contributed by atoms with Gasteiger partial charge in [0.1, 0.15) is 5.75 Å². The molecule has 0 bridgehead atoms. The Labute approximate surface area is 139 Å². The summed E-state index contributed by atoms with van der Waals surface area (Å²) in [5.74, 6) is 0.353. The van der Waals surface area contributed by atoms with E-state index in [2.05, 4.69) is 15.4 Å². The van der Waals surface area contributed by atoms with E-state index in [9.17, 15) is 13.2 Å². The molecule has 7 heteroatoms. The highest BCUT2D eigenvalue weighted by atomic mass is 19.4. The Bertz CT molecular complexity index is 516. The molecular formula is C17H23F3N2O2. The van der Waals surface area contributed by atoms with E-state index >= 15 is 0 Å². The molecular weight excluding hydrogens is 321 g/mol. The monoisotopic (exact) mass is 344 g/mol. The van der Waals surface area contributed by atoms with Gasteiger partial charge in [0.2, 0.25) is 0 Å². The van der Waals surface area contributed by atoms with Gasteiger partial charge in [-0.1, -0.05) is 18.6 Å². The lowest BCUT2D eigenvalue weighted by Crippen LogP contribution is -2.50. The zero-order valence-corrected chi connectivity index (χ0v) is 13.4. The molecule has 3 unspecified atom stereocenters. The third-order valence-corrected chi connectivity index (χ3v) is 4.76. The van der Waals surface area contributed by atoms with Crippen LogP contribution in [0, 0.1) is 5.92 Å². The summed E-state index contributed by atoms with van der Waals surface area (Å²) in [6.45, 7) is 3.07. The molecule has 4 nitrogen and oxygen atoms in total. The SMILES string of the molecule is FC(F)(F)Oc1ccc(CNC2CCCC2C2COCCN2)cc1. The number of morpholine rings is 1. The lowest BCUT2D eigenvalue weighted by molar-refractivity contribution is -0.274. The maximum absolute atomic E-state index is 12.2. The maximum atomic E-state index is 12.2. The molecule has 3 atom stereocenters. The standard InChI is InChI=1S/C17H23F3N2O2/c18-17(19,20)24-13-6-4-12(5-7-13)10-22-15-3-1-2-14(15)16-11-23-9-8-21-16/h4-7,14-16,21-22H,1-3,8-11H2. The summed E-state index contributed by atoms with van der Waals surface area (Å²) in [7, 11) is 0. The lowest BCUT2D eigenvalue weighted by Gasteiger charge is -2.33. The average molecular weight is 344 g/mol. The molecule has 1 aromatic carbocycles. The van der Waals surface area contributed by atoms with Gasteiger partial charge in [0.05, 0.1) is 13.2 Å². The van der Waals surface area contributed by atoms with Crippen molar-refractivity contribution in [1.82, 2.24) is 10.6 Å². The van der Waals surface area contributed by atoms with Crippen molar-refractivity contribution in [2.75, 3.05) is 19.8 Å². The molecule has 1 aliphatic carbocycles. The molecule has 1 aromatic rings. The van der Waals surface area contributed by atoms with Gasteiger partial charge >= 0.3 is 6.36 Å². The van der Waals surface area contributed by atoms with Crippen LogP contribution in [0.5, 0.6) is 5.75 Å². The Morgan fingerprint density at radius 1 is 1.21 bits per heavy atom. The van der Waals surface area contributed by atoms with Crippen LogP contribution >= 0.6 is 0 Å². The maximum Gasteiger partial charge on any atom is 0.573 e. The van der Waals surface area contributed by atoms with E-state index in [4.69, 9.17) is 4.74 Å². The van der Waals surface area contributed by atoms with Gasteiger partial charge in [0, 0.05) is 25.2 Å². The van der Waals surface area contributed by atoms with E-state index < -0.39 is 6.36 Å². The second kappa shape index (κ2) is 7.72. The number of ether oxygens (including phenoxy) is 2. The number of hydrogen-bond donors (Lipinski definition) is 2. The number of hydrogen-bond acceptors (Lipinski definition) is 4. The zero-order valence-electron chi connectivity index (χ0n) is 13.4. The lowest BCUT2D eigenvalue weighted by atomic mass is 9.94. The normalized spacial score (nSPS) is 28.0. The highest BCUT2D eigenvalue weighted by Crippen LogP contribution is 2.30. The first-order valence-electron chi connectivity index (χ1n) is 8.40. The fourth-order valence-corrected chi connectivity index (χ4v) is 3.64. The predicted octanol–water partition coefficient (Wildman–Crippen LogP) is 2.83. The molecule has 0 radical (unpaired) electrons. The molecule has 2 fully saturated rings. The van der Waals surface area contributed by atoms with Crippen molar-refractivity contribution in [3.63, 3.8) is 0 Å². The molecule has 24 heavy (non-hydrogen) atoms. The molecule has 1 saturated heterocycles. The quantitative estimate of drug-likeness (QED) is 0.862.